The van der Waals surface area contributed by atoms with Crippen molar-refractivity contribution in [2.24, 2.45) is 0 Å². The highest BCUT2D eigenvalue weighted by atomic mass is 127. The van der Waals surface area contributed by atoms with Crippen molar-refractivity contribution >= 4 is 45.8 Å². The number of benzene rings is 2. The maximum absolute atomic E-state index is 6.69. The molecule has 2 aromatic rings. The Kier molecular flexibility index (Phi) is 4.58. The molecule has 0 amide bonds. The fraction of sp³-hybridized carbons (Fsp3) is 0.294. The summed E-state index contributed by atoms with van der Waals surface area (Å²) in [5, 5.41) is 0.608. The van der Waals surface area contributed by atoms with Crippen LogP contribution in [0.25, 0.3) is 0 Å². The summed E-state index contributed by atoms with van der Waals surface area (Å²) in [6.07, 6.45) is 4.98. The van der Waals surface area contributed by atoms with Crippen molar-refractivity contribution in [1.82, 2.24) is 0 Å². The fourth-order valence-electron chi connectivity index (χ4n) is 2.80. The standard InChI is InChI=1S/C17H15Cl2I/c18-14-7-8-16(20)15(10-14)17(19)13-6-5-11-3-1-2-4-12(11)9-13/h5-10,17H,1-4H2. The Labute approximate surface area is 143 Å². The molecule has 0 saturated carbocycles. The highest BCUT2D eigenvalue weighted by Gasteiger charge is 2.17. The van der Waals surface area contributed by atoms with Gasteiger partial charge in [0, 0.05) is 8.59 Å². The van der Waals surface area contributed by atoms with Gasteiger partial charge in [-0.15, -0.1) is 11.6 Å². The van der Waals surface area contributed by atoms with Crippen molar-refractivity contribution in [3.05, 3.63) is 67.2 Å². The summed E-state index contributed by atoms with van der Waals surface area (Å²) in [6.45, 7) is 0. The molecule has 0 heterocycles. The lowest BCUT2D eigenvalue weighted by Crippen LogP contribution is -2.04. The first-order valence-corrected chi connectivity index (χ1v) is 8.75. The molecule has 3 rings (SSSR count). The van der Waals surface area contributed by atoms with Crippen molar-refractivity contribution in [1.29, 1.82) is 0 Å². The van der Waals surface area contributed by atoms with Crippen LogP contribution < -0.4 is 0 Å². The Balaban J connectivity index is 1.97. The van der Waals surface area contributed by atoms with E-state index in [9.17, 15) is 0 Å². The maximum Gasteiger partial charge on any atom is 0.0846 e. The first-order chi connectivity index (χ1) is 9.65. The molecule has 0 nitrogen and oxygen atoms in total. The summed E-state index contributed by atoms with van der Waals surface area (Å²) >= 11 is 15.1. The second-order valence-electron chi connectivity index (χ2n) is 5.26. The topological polar surface area (TPSA) is 0 Å². The summed E-state index contributed by atoms with van der Waals surface area (Å²) in [7, 11) is 0. The highest BCUT2D eigenvalue weighted by Crippen LogP contribution is 2.35. The van der Waals surface area contributed by atoms with E-state index in [2.05, 4.69) is 40.8 Å². The molecule has 0 fully saturated rings. The van der Waals surface area contributed by atoms with E-state index < -0.39 is 0 Å². The molecular formula is C17H15Cl2I. The molecule has 104 valence electrons. The van der Waals surface area contributed by atoms with Gasteiger partial charge in [0.05, 0.1) is 5.38 Å². The van der Waals surface area contributed by atoms with E-state index in [1.54, 1.807) is 0 Å². The monoisotopic (exact) mass is 416 g/mol. The molecule has 0 spiro atoms. The van der Waals surface area contributed by atoms with Gasteiger partial charge in [-0.1, -0.05) is 29.8 Å². The Bertz CT molecular complexity index is 637. The zero-order chi connectivity index (χ0) is 14.1. The van der Waals surface area contributed by atoms with E-state index >= 15 is 0 Å². The number of hydrogen-bond acceptors (Lipinski definition) is 0. The molecule has 0 aliphatic heterocycles. The molecule has 1 unspecified atom stereocenters. The van der Waals surface area contributed by atoms with E-state index in [1.807, 2.05) is 18.2 Å². The van der Waals surface area contributed by atoms with Gasteiger partial charge < -0.3 is 0 Å². The minimum Gasteiger partial charge on any atom is -0.113 e. The Morgan fingerprint density at radius 3 is 2.50 bits per heavy atom. The molecule has 0 aromatic heterocycles. The first kappa shape index (κ1) is 14.7. The van der Waals surface area contributed by atoms with Crippen molar-refractivity contribution < 1.29 is 0 Å². The molecule has 0 saturated heterocycles. The van der Waals surface area contributed by atoms with Crippen LogP contribution >= 0.6 is 45.8 Å². The first-order valence-electron chi connectivity index (χ1n) is 6.86. The fourth-order valence-corrected chi connectivity index (χ4v) is 4.13. The van der Waals surface area contributed by atoms with E-state index in [0.717, 1.165) is 14.2 Å². The number of aryl methyl sites for hydroxylation is 2. The second-order valence-corrected chi connectivity index (χ2v) is 7.30. The summed E-state index contributed by atoms with van der Waals surface area (Å²) in [5.41, 5.74) is 5.23. The summed E-state index contributed by atoms with van der Waals surface area (Å²) in [6, 6.07) is 12.6. The number of rotatable bonds is 2. The third-order valence-corrected chi connectivity index (χ3v) is 5.60. The zero-order valence-corrected chi connectivity index (χ0v) is 14.7. The summed E-state index contributed by atoms with van der Waals surface area (Å²) in [4.78, 5) is 0. The van der Waals surface area contributed by atoms with Gasteiger partial charge in [-0.25, -0.2) is 0 Å². The van der Waals surface area contributed by atoms with Crippen molar-refractivity contribution in [3.63, 3.8) is 0 Å². The maximum atomic E-state index is 6.69. The smallest absolute Gasteiger partial charge is 0.0846 e. The van der Waals surface area contributed by atoms with Crippen LogP contribution in [0.4, 0.5) is 0 Å². The quantitative estimate of drug-likeness (QED) is 0.406. The molecule has 20 heavy (non-hydrogen) atoms. The average Bonchev–Trinajstić information content (AvgIpc) is 2.48. The lowest BCUT2D eigenvalue weighted by molar-refractivity contribution is 0.684. The number of halogens is 3. The molecule has 1 aliphatic carbocycles. The minimum atomic E-state index is -0.132. The van der Waals surface area contributed by atoms with Gasteiger partial charge in [0.25, 0.3) is 0 Å². The minimum absolute atomic E-state index is 0.132. The van der Waals surface area contributed by atoms with Crippen molar-refractivity contribution in [2.75, 3.05) is 0 Å². The average molecular weight is 417 g/mol. The molecule has 2 aromatic carbocycles. The summed E-state index contributed by atoms with van der Waals surface area (Å²) in [5.74, 6) is 0. The Morgan fingerprint density at radius 1 is 0.950 bits per heavy atom. The number of hydrogen-bond donors (Lipinski definition) is 0. The molecule has 0 N–H and O–H groups in total. The molecule has 0 radical (unpaired) electrons. The lowest BCUT2D eigenvalue weighted by atomic mass is 9.89. The van der Waals surface area contributed by atoms with Gasteiger partial charge in [0.2, 0.25) is 0 Å². The normalized spacial score (nSPS) is 15.8. The molecular weight excluding hydrogens is 402 g/mol. The highest BCUT2D eigenvalue weighted by molar-refractivity contribution is 14.1. The third-order valence-electron chi connectivity index (χ3n) is 3.90. The molecule has 1 atom stereocenters. The Morgan fingerprint density at radius 2 is 1.70 bits per heavy atom. The second kappa shape index (κ2) is 6.25. The molecule has 3 heteroatoms. The summed E-state index contributed by atoms with van der Waals surface area (Å²) < 4.78 is 1.16. The van der Waals surface area contributed by atoms with E-state index in [-0.39, 0.29) is 5.38 Å². The van der Waals surface area contributed by atoms with Gasteiger partial charge >= 0.3 is 0 Å². The van der Waals surface area contributed by atoms with Gasteiger partial charge in [-0.05, 0) is 88.7 Å². The van der Waals surface area contributed by atoms with Crippen LogP contribution in [-0.2, 0) is 12.8 Å². The van der Waals surface area contributed by atoms with Gasteiger partial charge in [-0.3, -0.25) is 0 Å². The van der Waals surface area contributed by atoms with E-state index in [1.165, 1.54) is 42.4 Å². The van der Waals surface area contributed by atoms with Crippen LogP contribution in [0.1, 0.15) is 40.5 Å². The molecule has 1 aliphatic rings. The number of alkyl halides is 1. The van der Waals surface area contributed by atoms with Crippen LogP contribution in [0.5, 0.6) is 0 Å². The van der Waals surface area contributed by atoms with Gasteiger partial charge in [0.1, 0.15) is 0 Å². The van der Waals surface area contributed by atoms with Crippen LogP contribution in [0.2, 0.25) is 5.02 Å². The van der Waals surface area contributed by atoms with E-state index in [4.69, 9.17) is 23.2 Å². The van der Waals surface area contributed by atoms with Crippen LogP contribution in [0.3, 0.4) is 0 Å². The molecule has 0 bridgehead atoms. The van der Waals surface area contributed by atoms with Gasteiger partial charge in [-0.2, -0.15) is 0 Å². The lowest BCUT2D eigenvalue weighted by Gasteiger charge is -2.19. The Hall–Kier alpha value is -0.250. The van der Waals surface area contributed by atoms with Crippen LogP contribution in [-0.4, -0.2) is 0 Å². The third kappa shape index (κ3) is 3.00. The van der Waals surface area contributed by atoms with Crippen LogP contribution in [0, 0.1) is 3.57 Å². The number of fused-ring (bicyclic) bond motifs is 1. The predicted octanol–water partition coefficient (Wildman–Crippen LogP) is 6.15. The van der Waals surface area contributed by atoms with E-state index in [0.29, 0.717) is 0 Å². The van der Waals surface area contributed by atoms with Gasteiger partial charge in [0.15, 0.2) is 0 Å². The van der Waals surface area contributed by atoms with Crippen molar-refractivity contribution in [2.45, 2.75) is 31.1 Å². The van der Waals surface area contributed by atoms with Crippen LogP contribution in [0.15, 0.2) is 36.4 Å². The SMILES string of the molecule is Clc1ccc(I)c(C(Cl)c2ccc3c(c2)CCCC3)c1. The van der Waals surface area contributed by atoms with Crippen molar-refractivity contribution in [3.8, 4) is 0 Å². The largest absolute Gasteiger partial charge is 0.113 e. The zero-order valence-electron chi connectivity index (χ0n) is 11.0. The predicted molar refractivity (Wildman–Crippen MR) is 94.9 cm³/mol.